The summed E-state index contributed by atoms with van der Waals surface area (Å²) in [6, 6.07) is 0. The first kappa shape index (κ1) is 28.1. The van der Waals surface area contributed by atoms with E-state index in [0.717, 1.165) is 20.8 Å². The van der Waals surface area contributed by atoms with Crippen LogP contribution in [0.4, 0.5) is 8.78 Å². The smallest absolute Gasteiger partial charge is 0.387 e. The fourth-order valence-corrected chi connectivity index (χ4v) is 6.29. The van der Waals surface area contributed by atoms with Crippen LogP contribution < -0.4 is 11.2 Å². The summed E-state index contributed by atoms with van der Waals surface area (Å²) in [5.74, 6) is -1.50. The Kier molecular flexibility index (Phi) is 7.52. The number of hydrogen-bond donors (Lipinski definition) is 6. The third kappa shape index (κ3) is 6.51. The molecule has 1 fully saturated rings. The van der Waals surface area contributed by atoms with Crippen molar-refractivity contribution < 1.29 is 65.0 Å². The molecule has 1 aliphatic rings. The summed E-state index contributed by atoms with van der Waals surface area (Å²) < 4.78 is 80.4. The Morgan fingerprint density at radius 3 is 2.21 bits per heavy atom. The number of aliphatic hydroxyl groups is 1. The first-order valence-corrected chi connectivity index (χ1v) is 13.0. The van der Waals surface area contributed by atoms with E-state index in [2.05, 4.69) is 13.1 Å². The van der Waals surface area contributed by atoms with Crippen LogP contribution >= 0.6 is 23.5 Å². The Balaban J connectivity index is 2.34. The van der Waals surface area contributed by atoms with E-state index >= 15 is 4.39 Å². The number of alkyl halides is 1. The molecule has 33 heavy (non-hydrogen) atoms. The van der Waals surface area contributed by atoms with Crippen LogP contribution in [-0.4, -0.2) is 57.7 Å². The molecule has 1 aromatic heterocycles. The van der Waals surface area contributed by atoms with Gasteiger partial charge in [-0.3, -0.25) is 18.9 Å². The quantitative estimate of drug-likeness (QED) is 0.231. The lowest BCUT2D eigenvalue weighted by Gasteiger charge is -2.34. The van der Waals surface area contributed by atoms with Gasteiger partial charge in [0.25, 0.3) is 5.56 Å². The number of aromatic nitrogens is 2. The van der Waals surface area contributed by atoms with Crippen LogP contribution in [0.15, 0.2) is 15.8 Å². The molecule has 2 heterocycles. The van der Waals surface area contributed by atoms with Gasteiger partial charge in [0, 0.05) is 0 Å². The molecule has 6 atom stereocenters. The summed E-state index contributed by atoms with van der Waals surface area (Å²) in [5, 5.41) is 10.4. The van der Waals surface area contributed by atoms with Gasteiger partial charge >= 0.3 is 29.2 Å². The van der Waals surface area contributed by atoms with Crippen LogP contribution in [0.1, 0.15) is 27.0 Å². The molecule has 0 aliphatic carbocycles. The summed E-state index contributed by atoms with van der Waals surface area (Å²) in [5.41, 5.74) is -7.91. The molecular formula is C12H19F2N2O14P3. The molecule has 1 aliphatic heterocycles. The Labute approximate surface area is 182 Å². The van der Waals surface area contributed by atoms with Crippen molar-refractivity contribution in [3.63, 3.8) is 0 Å². The largest absolute Gasteiger partial charge is 0.490 e. The molecule has 0 spiro atoms. The van der Waals surface area contributed by atoms with E-state index < -0.39 is 70.2 Å². The average Bonchev–Trinajstić information content (AvgIpc) is 2.77. The summed E-state index contributed by atoms with van der Waals surface area (Å²) in [4.78, 5) is 60.7. The van der Waals surface area contributed by atoms with E-state index in [1.54, 1.807) is 4.98 Å². The summed E-state index contributed by atoms with van der Waals surface area (Å²) in [6.07, 6.45) is -5.98. The van der Waals surface area contributed by atoms with Crippen molar-refractivity contribution in [2.24, 2.45) is 0 Å². The molecule has 0 amide bonds. The maximum absolute atomic E-state index is 15.3. The number of H-pyrrole nitrogens is 1. The van der Waals surface area contributed by atoms with Gasteiger partial charge in [-0.2, -0.15) is 13.0 Å². The van der Waals surface area contributed by atoms with Crippen molar-refractivity contribution in [3.8, 4) is 0 Å². The van der Waals surface area contributed by atoms with Crippen molar-refractivity contribution in [2.45, 2.75) is 50.5 Å². The van der Waals surface area contributed by atoms with Crippen LogP contribution in [0.3, 0.4) is 0 Å². The minimum absolute atomic E-state index is 0.265. The standard InChI is InChI=1S/C12H19F2N2O14P3/c1-11(2,28-32(23,24)30-33(25,26)29-31(20,21)22)7-6(17)12(3,14)9(27-7)16-4-5(13)8(18)15-10(16)19/h4,6-7,9,17H,1-3H3,(H,23,24)(H,25,26)(H,15,18,19)(H2,20,21,22)/t6?,7-,9+,12+/m0/s1. The molecule has 21 heteroatoms. The molecule has 0 bridgehead atoms. The summed E-state index contributed by atoms with van der Waals surface area (Å²) in [7, 11) is -17.3. The minimum atomic E-state index is -5.87. The second-order valence-electron chi connectivity index (χ2n) is 7.43. The number of hydrogen-bond acceptors (Lipinski definition) is 10. The molecule has 1 aromatic rings. The Morgan fingerprint density at radius 1 is 1.15 bits per heavy atom. The molecule has 0 radical (unpaired) electrons. The molecule has 2 rings (SSSR count). The number of phosphoric acid groups is 3. The van der Waals surface area contributed by atoms with Gasteiger partial charge in [0.15, 0.2) is 11.9 Å². The van der Waals surface area contributed by atoms with Gasteiger partial charge in [-0.05, 0) is 20.8 Å². The highest BCUT2D eigenvalue weighted by atomic mass is 31.3. The number of phosphoric ester groups is 1. The number of ether oxygens (including phenoxy) is 1. The molecule has 3 unspecified atom stereocenters. The predicted octanol–water partition coefficient (Wildman–Crippen LogP) is -0.216. The number of nitrogens with one attached hydrogen (secondary N) is 1. The van der Waals surface area contributed by atoms with E-state index in [9.17, 15) is 42.6 Å². The van der Waals surface area contributed by atoms with Gasteiger partial charge in [0.2, 0.25) is 5.82 Å². The topological polar surface area (TPSA) is 244 Å². The number of nitrogens with zero attached hydrogens (tertiary/aromatic N) is 1. The van der Waals surface area contributed by atoms with Crippen LogP contribution in [0, 0.1) is 5.82 Å². The molecule has 0 aromatic carbocycles. The lowest BCUT2D eigenvalue weighted by Crippen LogP contribution is -2.49. The minimum Gasteiger partial charge on any atom is -0.387 e. The number of rotatable bonds is 8. The lowest BCUT2D eigenvalue weighted by molar-refractivity contribution is -0.119. The van der Waals surface area contributed by atoms with E-state index in [-0.39, 0.29) is 4.57 Å². The lowest BCUT2D eigenvalue weighted by atomic mass is 9.90. The zero-order chi connectivity index (χ0) is 25.8. The Hall–Kier alpha value is -1.13. The highest BCUT2D eigenvalue weighted by Gasteiger charge is 2.61. The van der Waals surface area contributed by atoms with Gasteiger partial charge in [-0.15, -0.1) is 0 Å². The molecule has 0 saturated carbocycles. The predicted molar refractivity (Wildman–Crippen MR) is 99.7 cm³/mol. The van der Waals surface area contributed by atoms with Crippen molar-refractivity contribution in [1.82, 2.24) is 9.55 Å². The zero-order valence-electron chi connectivity index (χ0n) is 16.8. The van der Waals surface area contributed by atoms with Gasteiger partial charge in [-0.25, -0.2) is 22.9 Å². The second-order valence-corrected chi connectivity index (χ2v) is 11.8. The molecule has 6 N–H and O–H groups in total. The number of halogens is 2. The maximum Gasteiger partial charge on any atom is 0.490 e. The molecular weight excluding hydrogens is 527 g/mol. The third-order valence-corrected chi connectivity index (χ3v) is 8.28. The highest BCUT2D eigenvalue weighted by Crippen LogP contribution is 2.67. The van der Waals surface area contributed by atoms with Gasteiger partial charge in [-0.1, -0.05) is 0 Å². The van der Waals surface area contributed by atoms with Crippen molar-refractivity contribution in [1.29, 1.82) is 0 Å². The molecule has 1 saturated heterocycles. The van der Waals surface area contributed by atoms with E-state index in [0.29, 0.717) is 6.20 Å². The van der Waals surface area contributed by atoms with Crippen LogP contribution in [0.2, 0.25) is 0 Å². The maximum atomic E-state index is 15.3. The second kappa shape index (κ2) is 8.82. The first-order valence-electron chi connectivity index (χ1n) is 8.46. The zero-order valence-corrected chi connectivity index (χ0v) is 19.4. The monoisotopic (exact) mass is 546 g/mol. The van der Waals surface area contributed by atoms with Crippen LogP contribution in [0.25, 0.3) is 0 Å². The Morgan fingerprint density at radius 2 is 1.70 bits per heavy atom. The van der Waals surface area contributed by atoms with Crippen LogP contribution in [-0.2, 0) is 31.6 Å². The fourth-order valence-electron chi connectivity index (χ4n) is 2.95. The van der Waals surface area contributed by atoms with Crippen molar-refractivity contribution >= 4 is 23.5 Å². The fraction of sp³-hybridized carbons (Fsp3) is 0.667. The normalized spacial score (nSPS) is 30.1. The SMILES string of the molecule is CC(C)(OP(=O)(O)OP(=O)(O)OP(=O)(O)O)[C@H]1O[C@@H](n2cc(F)c(=O)[nH]c2=O)[C@](C)(F)C1O. The Bertz CT molecular complexity index is 1170. The summed E-state index contributed by atoms with van der Waals surface area (Å²) in [6.45, 7) is 2.54. The number of aromatic amines is 1. The van der Waals surface area contributed by atoms with Crippen molar-refractivity contribution in [3.05, 3.63) is 32.9 Å². The van der Waals surface area contributed by atoms with Gasteiger partial charge in [0.1, 0.15) is 17.8 Å². The van der Waals surface area contributed by atoms with Gasteiger partial charge in [0.05, 0.1) is 6.20 Å². The van der Waals surface area contributed by atoms with E-state index in [4.69, 9.17) is 14.5 Å². The molecule has 190 valence electrons. The van der Waals surface area contributed by atoms with E-state index in [1.165, 1.54) is 0 Å². The highest BCUT2D eigenvalue weighted by molar-refractivity contribution is 7.66. The average molecular weight is 546 g/mol. The van der Waals surface area contributed by atoms with Gasteiger partial charge < -0.3 is 29.4 Å². The van der Waals surface area contributed by atoms with E-state index in [1.807, 2.05) is 0 Å². The van der Waals surface area contributed by atoms with Crippen LogP contribution in [0.5, 0.6) is 0 Å². The molecule has 16 nitrogen and oxygen atoms in total. The number of aliphatic hydroxyl groups excluding tert-OH is 1. The first-order chi connectivity index (χ1) is 14.6. The van der Waals surface area contributed by atoms with Crippen molar-refractivity contribution in [2.75, 3.05) is 0 Å². The summed E-state index contributed by atoms with van der Waals surface area (Å²) >= 11 is 0. The third-order valence-electron chi connectivity index (χ3n) is 4.25.